The third-order valence-electron chi connectivity index (χ3n) is 5.55. The van der Waals surface area contributed by atoms with Crippen LogP contribution in [-0.2, 0) is 0 Å². The van der Waals surface area contributed by atoms with Crippen LogP contribution in [-0.4, -0.2) is 28.9 Å². The first kappa shape index (κ1) is 27.9. The predicted octanol–water partition coefficient (Wildman–Crippen LogP) is 5.90. The number of aryl methyl sites for hydroxylation is 1. The highest BCUT2D eigenvalue weighted by Gasteiger charge is 2.13. The Kier molecular flexibility index (Phi) is 8.77. The molecule has 0 heterocycles. The zero-order valence-electron chi connectivity index (χ0n) is 21.0. The lowest BCUT2D eigenvalue weighted by molar-refractivity contribution is -0.384. The van der Waals surface area contributed by atoms with Gasteiger partial charge in [-0.25, -0.2) is 10.2 Å². The number of ether oxygens (including phenoxy) is 1. The maximum atomic E-state index is 12.7. The van der Waals surface area contributed by atoms with Gasteiger partial charge < -0.3 is 10.1 Å². The average Bonchev–Trinajstić information content (AvgIpc) is 2.94. The Hall–Kier alpha value is -5.16. The van der Waals surface area contributed by atoms with Crippen LogP contribution in [0.4, 0.5) is 11.4 Å². The molecule has 2 amide bonds. The Bertz CT molecular complexity index is 1620. The van der Waals surface area contributed by atoms with Gasteiger partial charge in [-0.15, -0.1) is 0 Å². The highest BCUT2D eigenvalue weighted by atomic mass is 79.9. The number of nitro groups is 1. The van der Waals surface area contributed by atoms with Crippen LogP contribution in [0.3, 0.4) is 0 Å². The second kappa shape index (κ2) is 12.6. The van der Waals surface area contributed by atoms with E-state index in [0.717, 1.165) is 5.56 Å². The topological polar surface area (TPSA) is 140 Å². The number of amides is 2. The van der Waals surface area contributed by atoms with Crippen LogP contribution in [0.5, 0.6) is 5.75 Å². The van der Waals surface area contributed by atoms with Crippen LogP contribution in [0.1, 0.15) is 42.2 Å². The lowest BCUT2D eigenvalue weighted by atomic mass is 10.1. The highest BCUT2D eigenvalue weighted by molar-refractivity contribution is 9.10. The molecule has 0 radical (unpaired) electrons. The Morgan fingerprint density at radius 2 is 1.57 bits per heavy atom. The van der Waals surface area contributed by atoms with Gasteiger partial charge in [-0.1, -0.05) is 39.7 Å². The molecule has 0 bridgehead atoms. The van der Waals surface area contributed by atoms with Gasteiger partial charge in [-0.2, -0.15) is 5.10 Å². The van der Waals surface area contributed by atoms with Crippen LogP contribution in [0.2, 0.25) is 0 Å². The first-order valence-corrected chi connectivity index (χ1v) is 12.6. The van der Waals surface area contributed by atoms with Crippen LogP contribution >= 0.6 is 15.9 Å². The number of nitro benzene ring substituents is 1. The third-order valence-corrected chi connectivity index (χ3v) is 6.05. The zero-order chi connectivity index (χ0) is 28.6. The first-order valence-electron chi connectivity index (χ1n) is 11.8. The maximum absolute atomic E-state index is 12.7. The van der Waals surface area contributed by atoms with E-state index in [-0.39, 0.29) is 22.6 Å². The molecule has 0 aliphatic heterocycles. The molecule has 4 aromatic rings. The van der Waals surface area contributed by atoms with Crippen LogP contribution in [0.15, 0.2) is 101 Å². The maximum Gasteiger partial charge on any atom is 0.343 e. The van der Waals surface area contributed by atoms with Gasteiger partial charge in [0.2, 0.25) is 0 Å². The fourth-order valence-corrected chi connectivity index (χ4v) is 3.84. The van der Waals surface area contributed by atoms with E-state index in [2.05, 4.69) is 31.8 Å². The number of carbonyl (C=O) groups excluding carboxylic acids is 3. The van der Waals surface area contributed by atoms with Crippen molar-refractivity contribution >= 4 is 51.3 Å². The Labute approximate surface area is 237 Å². The summed E-state index contributed by atoms with van der Waals surface area (Å²) in [5.74, 6) is -1.32. The number of esters is 1. The van der Waals surface area contributed by atoms with E-state index in [1.54, 1.807) is 48.5 Å². The van der Waals surface area contributed by atoms with Crippen molar-refractivity contribution in [2.45, 2.75) is 6.92 Å². The van der Waals surface area contributed by atoms with Crippen LogP contribution < -0.4 is 15.5 Å². The van der Waals surface area contributed by atoms with E-state index in [4.69, 9.17) is 4.74 Å². The lowest BCUT2D eigenvalue weighted by Gasteiger charge is -2.09. The van der Waals surface area contributed by atoms with Crippen LogP contribution in [0, 0.1) is 17.0 Å². The van der Waals surface area contributed by atoms with Crippen molar-refractivity contribution in [3.8, 4) is 5.75 Å². The van der Waals surface area contributed by atoms with E-state index < -0.39 is 22.7 Å². The number of carbonyl (C=O) groups is 3. The van der Waals surface area contributed by atoms with Gasteiger partial charge in [0, 0.05) is 39.0 Å². The molecule has 0 spiro atoms. The molecule has 0 aromatic heterocycles. The van der Waals surface area contributed by atoms with Gasteiger partial charge in [0.15, 0.2) is 0 Å². The molecule has 0 atom stereocenters. The summed E-state index contributed by atoms with van der Waals surface area (Å²) >= 11 is 3.37. The summed E-state index contributed by atoms with van der Waals surface area (Å²) in [5.41, 5.74) is 4.92. The Balaban J connectivity index is 1.41. The second-order valence-electron chi connectivity index (χ2n) is 8.48. The van der Waals surface area contributed by atoms with E-state index in [1.165, 1.54) is 36.5 Å². The van der Waals surface area contributed by atoms with E-state index in [0.29, 0.717) is 21.3 Å². The van der Waals surface area contributed by atoms with E-state index >= 15 is 0 Å². The molecule has 0 saturated heterocycles. The molecule has 4 rings (SSSR count). The number of hydrazone groups is 1. The quantitative estimate of drug-likeness (QED) is 0.0848. The number of benzene rings is 4. The van der Waals surface area contributed by atoms with Gasteiger partial charge in [0.25, 0.3) is 17.5 Å². The largest absolute Gasteiger partial charge is 0.422 e. The first-order chi connectivity index (χ1) is 19.2. The summed E-state index contributed by atoms with van der Waals surface area (Å²) in [7, 11) is 0. The minimum atomic E-state index is -0.554. The lowest BCUT2D eigenvalue weighted by Crippen LogP contribution is -2.18. The summed E-state index contributed by atoms with van der Waals surface area (Å²) in [6.45, 7) is 1.92. The molecule has 40 heavy (non-hydrogen) atoms. The molecule has 0 aliphatic carbocycles. The van der Waals surface area contributed by atoms with Gasteiger partial charge in [-0.05, 0) is 67.6 Å². The normalized spacial score (nSPS) is 10.7. The molecule has 0 saturated carbocycles. The highest BCUT2D eigenvalue weighted by Crippen LogP contribution is 2.23. The minimum Gasteiger partial charge on any atom is -0.422 e. The fraction of sp³-hybridized carbons (Fsp3) is 0.0345. The Morgan fingerprint density at radius 3 is 2.27 bits per heavy atom. The van der Waals surface area contributed by atoms with Crippen LogP contribution in [0.25, 0.3) is 0 Å². The van der Waals surface area contributed by atoms with Crippen molar-refractivity contribution in [1.82, 2.24) is 5.43 Å². The third kappa shape index (κ3) is 7.23. The van der Waals surface area contributed by atoms with Gasteiger partial charge in [-0.3, -0.25) is 19.7 Å². The number of halogens is 1. The number of hydrogen-bond acceptors (Lipinski definition) is 7. The molecular formula is C29H21BrN4O6. The van der Waals surface area contributed by atoms with Crippen molar-refractivity contribution in [2.75, 3.05) is 5.32 Å². The van der Waals surface area contributed by atoms with Gasteiger partial charge >= 0.3 is 5.97 Å². The summed E-state index contributed by atoms with van der Waals surface area (Å²) < 4.78 is 6.25. The molecule has 0 aliphatic rings. The van der Waals surface area contributed by atoms with E-state index in [9.17, 15) is 24.5 Å². The monoisotopic (exact) mass is 600 g/mol. The summed E-state index contributed by atoms with van der Waals surface area (Å²) in [6.07, 6.45) is 1.35. The van der Waals surface area contributed by atoms with Crippen molar-refractivity contribution in [2.24, 2.45) is 5.10 Å². The number of rotatable bonds is 8. The smallest absolute Gasteiger partial charge is 0.343 e. The molecule has 4 aromatic carbocycles. The summed E-state index contributed by atoms with van der Waals surface area (Å²) in [4.78, 5) is 48.0. The molecule has 200 valence electrons. The number of nitrogens with one attached hydrogen (secondary N) is 2. The zero-order valence-corrected chi connectivity index (χ0v) is 22.5. The molecule has 11 heteroatoms. The van der Waals surface area contributed by atoms with Crippen molar-refractivity contribution in [1.29, 1.82) is 0 Å². The average molecular weight is 601 g/mol. The second-order valence-corrected chi connectivity index (χ2v) is 9.39. The fourth-order valence-electron chi connectivity index (χ4n) is 3.46. The predicted molar refractivity (Wildman–Crippen MR) is 153 cm³/mol. The minimum absolute atomic E-state index is 0.129. The SMILES string of the molecule is Cc1ccc(C(=O)Oc2ccc(Br)cc2C=NNC(=O)c2cccc(NC(=O)c3ccc([N+](=O)[O-])cc3)c2)cc1. The number of non-ortho nitro benzene ring substituents is 1. The number of hydrogen-bond donors (Lipinski definition) is 2. The van der Waals surface area contributed by atoms with Crippen molar-refractivity contribution in [3.63, 3.8) is 0 Å². The number of nitrogens with zero attached hydrogens (tertiary/aromatic N) is 2. The molecule has 0 unspecified atom stereocenters. The molecular weight excluding hydrogens is 580 g/mol. The molecule has 0 fully saturated rings. The van der Waals surface area contributed by atoms with Gasteiger partial charge in [0.05, 0.1) is 16.7 Å². The van der Waals surface area contributed by atoms with Gasteiger partial charge in [0.1, 0.15) is 5.75 Å². The van der Waals surface area contributed by atoms with Crippen molar-refractivity contribution < 1.29 is 24.0 Å². The van der Waals surface area contributed by atoms with Crippen molar-refractivity contribution in [3.05, 3.63) is 133 Å². The summed E-state index contributed by atoms with van der Waals surface area (Å²) in [5, 5.41) is 17.4. The molecule has 10 nitrogen and oxygen atoms in total. The Morgan fingerprint density at radius 1 is 0.875 bits per heavy atom. The summed E-state index contributed by atoms with van der Waals surface area (Å²) in [6, 6.07) is 23.3. The molecule has 2 N–H and O–H groups in total. The number of anilines is 1. The standard InChI is InChI=1S/C29H21BrN4O6/c1-18-5-7-20(8-6-18)29(37)40-26-14-11-23(30)15-22(26)17-31-33-28(36)21-3-2-4-24(16-21)32-27(35)19-9-12-25(13-10-19)34(38)39/h2-17H,1H3,(H,32,35)(H,33,36). The van der Waals surface area contributed by atoms with E-state index in [1.807, 2.05) is 19.1 Å².